The lowest BCUT2D eigenvalue weighted by Gasteiger charge is -2.42. The molecule has 2 aromatic carbocycles. The van der Waals surface area contributed by atoms with Crippen LogP contribution in [0.5, 0.6) is 5.75 Å². The molecule has 2 N–H and O–H groups in total. The van der Waals surface area contributed by atoms with Gasteiger partial charge in [0.1, 0.15) is 23.3 Å². The maximum atomic E-state index is 13.4. The van der Waals surface area contributed by atoms with Crippen molar-refractivity contribution in [2.75, 3.05) is 25.0 Å². The van der Waals surface area contributed by atoms with Crippen LogP contribution in [-0.2, 0) is 11.2 Å². The smallest absolute Gasteiger partial charge is 0.238 e. The number of carbonyl (C=O) groups is 1. The zero-order valence-corrected chi connectivity index (χ0v) is 16.3. The Morgan fingerprint density at radius 1 is 1.32 bits per heavy atom. The van der Waals surface area contributed by atoms with E-state index in [1.54, 1.807) is 19.1 Å². The van der Waals surface area contributed by atoms with E-state index in [-0.39, 0.29) is 12.5 Å². The summed E-state index contributed by atoms with van der Waals surface area (Å²) in [6.07, 6.45) is 0.747. The molecule has 0 aromatic heterocycles. The Kier molecular flexibility index (Phi) is 6.31. The summed E-state index contributed by atoms with van der Waals surface area (Å²) < 4.78 is 19.3. The molecule has 0 aliphatic carbocycles. The predicted octanol–water partition coefficient (Wildman–Crippen LogP) is 3.23. The topological polar surface area (TPSA) is 61.8 Å². The Bertz CT molecular complexity index is 825. The van der Waals surface area contributed by atoms with Crippen LogP contribution in [0.2, 0.25) is 0 Å². The molecule has 1 saturated heterocycles. The first-order valence-corrected chi connectivity index (χ1v) is 9.62. The molecule has 3 rings (SSSR count). The van der Waals surface area contributed by atoms with Gasteiger partial charge in [-0.15, -0.1) is 0 Å². The molecule has 150 valence electrons. The number of anilines is 1. The van der Waals surface area contributed by atoms with E-state index in [4.69, 9.17) is 4.74 Å². The van der Waals surface area contributed by atoms with E-state index in [0.717, 1.165) is 17.7 Å². The minimum Gasteiger partial charge on any atom is -0.486 e. The number of nitrogens with one attached hydrogen (secondary N) is 1. The number of para-hydroxylation sites is 1. The minimum absolute atomic E-state index is 0.105. The second-order valence-electron chi connectivity index (χ2n) is 7.47. The third-order valence-electron chi connectivity index (χ3n) is 5.17. The number of aryl methyl sites for hydroxylation is 1. The molecule has 0 saturated carbocycles. The Morgan fingerprint density at radius 3 is 2.86 bits per heavy atom. The summed E-state index contributed by atoms with van der Waals surface area (Å²) in [5, 5.41) is 13.6. The maximum Gasteiger partial charge on any atom is 0.238 e. The molecule has 1 aliphatic heterocycles. The molecule has 6 heteroatoms. The van der Waals surface area contributed by atoms with E-state index in [0.29, 0.717) is 25.3 Å². The molecule has 1 fully saturated rings. The monoisotopic (exact) mass is 386 g/mol. The number of rotatable bonds is 6. The van der Waals surface area contributed by atoms with Crippen LogP contribution in [0.3, 0.4) is 0 Å². The quantitative estimate of drug-likeness (QED) is 0.800. The van der Waals surface area contributed by atoms with Crippen molar-refractivity contribution in [2.45, 2.75) is 38.4 Å². The maximum absolute atomic E-state index is 13.4. The predicted molar refractivity (Wildman–Crippen MR) is 107 cm³/mol. The van der Waals surface area contributed by atoms with Gasteiger partial charge in [-0.3, -0.25) is 9.69 Å². The van der Waals surface area contributed by atoms with Crippen LogP contribution in [0.25, 0.3) is 0 Å². The number of carbonyl (C=O) groups excluding carboxylic acids is 1. The first kappa shape index (κ1) is 20.3. The molecule has 2 aromatic rings. The number of benzene rings is 2. The van der Waals surface area contributed by atoms with Crippen molar-refractivity contribution in [3.63, 3.8) is 0 Å². The number of hydrogen-bond donors (Lipinski definition) is 2. The van der Waals surface area contributed by atoms with Gasteiger partial charge in [0.2, 0.25) is 5.91 Å². The van der Waals surface area contributed by atoms with Crippen molar-refractivity contribution < 1.29 is 19.0 Å². The Labute approximate surface area is 165 Å². The van der Waals surface area contributed by atoms with Gasteiger partial charge in [0.05, 0.1) is 6.54 Å². The van der Waals surface area contributed by atoms with E-state index in [2.05, 4.69) is 5.32 Å². The summed E-state index contributed by atoms with van der Waals surface area (Å²) in [4.78, 5) is 14.5. The Balaban J connectivity index is 1.62. The fraction of sp³-hybridized carbons (Fsp3) is 0.409. The fourth-order valence-corrected chi connectivity index (χ4v) is 3.42. The number of piperidine rings is 1. The van der Waals surface area contributed by atoms with Crippen LogP contribution in [-0.4, -0.2) is 47.3 Å². The van der Waals surface area contributed by atoms with Crippen LogP contribution in [0.4, 0.5) is 10.1 Å². The molecule has 0 unspecified atom stereocenters. The van der Waals surface area contributed by atoms with Gasteiger partial charge in [0, 0.05) is 24.8 Å². The van der Waals surface area contributed by atoms with Crippen LogP contribution >= 0.6 is 0 Å². The van der Waals surface area contributed by atoms with Gasteiger partial charge in [-0.25, -0.2) is 4.39 Å². The Morgan fingerprint density at radius 2 is 2.11 bits per heavy atom. The van der Waals surface area contributed by atoms with Gasteiger partial charge in [-0.1, -0.05) is 31.2 Å². The van der Waals surface area contributed by atoms with Gasteiger partial charge in [0.15, 0.2) is 0 Å². The van der Waals surface area contributed by atoms with Gasteiger partial charge in [0.25, 0.3) is 0 Å². The molecule has 1 amide bonds. The van der Waals surface area contributed by atoms with Gasteiger partial charge < -0.3 is 15.2 Å². The molecule has 5 nitrogen and oxygen atoms in total. The second kappa shape index (κ2) is 8.71. The van der Waals surface area contributed by atoms with Crippen molar-refractivity contribution in [3.05, 3.63) is 59.9 Å². The summed E-state index contributed by atoms with van der Waals surface area (Å²) in [5.41, 5.74) is 0.866. The normalized spacial score (nSPS) is 22.6. The van der Waals surface area contributed by atoms with Crippen molar-refractivity contribution in [1.29, 1.82) is 0 Å². The number of halogens is 1. The van der Waals surface area contributed by atoms with Gasteiger partial charge >= 0.3 is 0 Å². The summed E-state index contributed by atoms with van der Waals surface area (Å²) in [6.45, 7) is 4.93. The third-order valence-corrected chi connectivity index (χ3v) is 5.17. The lowest BCUT2D eigenvalue weighted by molar-refractivity contribution is -0.122. The molecule has 0 bridgehead atoms. The SMILES string of the molecule is CCc1ccccc1NC(=O)CN1CC[C@](C)(O)[C@@H](Oc2cccc(F)c2)C1. The van der Waals surface area contributed by atoms with Crippen LogP contribution in [0, 0.1) is 5.82 Å². The number of likely N-dealkylation sites (tertiary alicyclic amines) is 1. The summed E-state index contributed by atoms with van der Waals surface area (Å²) in [6, 6.07) is 13.6. The molecular weight excluding hydrogens is 359 g/mol. The average Bonchev–Trinajstić information content (AvgIpc) is 2.65. The highest BCUT2D eigenvalue weighted by Gasteiger charge is 2.39. The molecular formula is C22H27FN2O3. The first-order chi connectivity index (χ1) is 13.4. The molecule has 28 heavy (non-hydrogen) atoms. The minimum atomic E-state index is -1.05. The van der Waals surface area contributed by atoms with E-state index >= 15 is 0 Å². The zero-order chi connectivity index (χ0) is 20.1. The summed E-state index contributed by atoms with van der Waals surface area (Å²) >= 11 is 0. The highest BCUT2D eigenvalue weighted by Crippen LogP contribution is 2.27. The van der Waals surface area contributed by atoms with E-state index in [1.165, 1.54) is 12.1 Å². The highest BCUT2D eigenvalue weighted by atomic mass is 19.1. The third kappa shape index (κ3) is 5.09. The molecule has 2 atom stereocenters. The molecule has 0 spiro atoms. The molecule has 1 aliphatic rings. The summed E-state index contributed by atoms with van der Waals surface area (Å²) in [7, 11) is 0. The lowest BCUT2D eigenvalue weighted by atomic mass is 9.90. The van der Waals surface area contributed by atoms with Gasteiger partial charge in [-0.2, -0.15) is 0 Å². The van der Waals surface area contributed by atoms with E-state index in [1.807, 2.05) is 36.1 Å². The number of amides is 1. The second-order valence-corrected chi connectivity index (χ2v) is 7.47. The van der Waals surface area contributed by atoms with Crippen LogP contribution < -0.4 is 10.1 Å². The van der Waals surface area contributed by atoms with E-state index in [9.17, 15) is 14.3 Å². The van der Waals surface area contributed by atoms with Crippen molar-refractivity contribution >= 4 is 11.6 Å². The average molecular weight is 386 g/mol. The fourth-order valence-electron chi connectivity index (χ4n) is 3.42. The number of ether oxygens (including phenoxy) is 1. The number of aliphatic hydroxyl groups is 1. The summed E-state index contributed by atoms with van der Waals surface area (Å²) in [5.74, 6) is -0.126. The number of hydrogen-bond acceptors (Lipinski definition) is 4. The van der Waals surface area contributed by atoms with Crippen molar-refractivity contribution in [1.82, 2.24) is 4.90 Å². The first-order valence-electron chi connectivity index (χ1n) is 9.62. The number of nitrogens with zero attached hydrogens (tertiary/aromatic N) is 1. The van der Waals surface area contributed by atoms with E-state index < -0.39 is 17.5 Å². The standard InChI is InChI=1S/C22H27FN2O3/c1-3-16-7-4-5-10-19(16)24-21(26)15-25-12-11-22(2,27)20(14-25)28-18-9-6-8-17(23)13-18/h4-10,13,20,27H,3,11-12,14-15H2,1-2H3,(H,24,26)/t20-,22-/m0/s1. The van der Waals surface area contributed by atoms with Crippen molar-refractivity contribution in [2.24, 2.45) is 0 Å². The van der Waals surface area contributed by atoms with Crippen LogP contribution in [0.1, 0.15) is 25.8 Å². The van der Waals surface area contributed by atoms with Crippen molar-refractivity contribution in [3.8, 4) is 5.75 Å². The van der Waals surface area contributed by atoms with Crippen LogP contribution in [0.15, 0.2) is 48.5 Å². The molecule has 0 radical (unpaired) electrons. The Hall–Kier alpha value is -2.44. The largest absolute Gasteiger partial charge is 0.486 e. The van der Waals surface area contributed by atoms with Gasteiger partial charge in [-0.05, 0) is 43.5 Å². The zero-order valence-electron chi connectivity index (χ0n) is 16.3. The lowest BCUT2D eigenvalue weighted by Crippen LogP contribution is -2.57. The molecule has 1 heterocycles. The highest BCUT2D eigenvalue weighted by molar-refractivity contribution is 5.93.